The van der Waals surface area contributed by atoms with Gasteiger partial charge in [0.05, 0.1) is 22.4 Å². The number of anilines is 3. The zero-order valence-electron chi connectivity index (χ0n) is 28.1. The highest BCUT2D eigenvalue weighted by Gasteiger charge is 2.24. The van der Waals surface area contributed by atoms with E-state index in [0.29, 0.717) is 0 Å². The molecule has 4 heteroatoms. The molecule has 0 amide bonds. The highest BCUT2D eigenvalue weighted by molar-refractivity contribution is 6.10. The van der Waals surface area contributed by atoms with Crippen LogP contribution in [0.2, 0.25) is 0 Å². The van der Waals surface area contributed by atoms with Crippen molar-refractivity contribution in [1.82, 2.24) is 4.57 Å². The maximum absolute atomic E-state index is 13.9. The molecule has 0 saturated carbocycles. The van der Waals surface area contributed by atoms with E-state index in [1.54, 1.807) is 0 Å². The lowest BCUT2D eigenvalue weighted by molar-refractivity contribution is 0.485. The lowest BCUT2D eigenvalue weighted by atomic mass is 9.92. The topological polar surface area (TPSA) is 17.4 Å². The first-order valence-electron chi connectivity index (χ1n) is 17.5. The van der Waals surface area contributed by atoms with Crippen LogP contribution in [0.3, 0.4) is 0 Å². The zero-order valence-corrected chi connectivity index (χ0v) is 28.1. The number of ether oxygens (including phenoxy) is 1. The summed E-state index contributed by atoms with van der Waals surface area (Å²) in [6, 6.07) is 64.2. The number of fused-ring (bicyclic) bond motifs is 9. The average molecular weight is 671 g/mol. The van der Waals surface area contributed by atoms with Crippen LogP contribution >= 0.6 is 0 Å². The fourth-order valence-corrected chi connectivity index (χ4v) is 7.71. The van der Waals surface area contributed by atoms with Crippen LogP contribution in [0.15, 0.2) is 188 Å². The summed E-state index contributed by atoms with van der Waals surface area (Å²) in [5, 5.41) is 2.31. The second-order valence-corrected chi connectivity index (χ2v) is 13.1. The van der Waals surface area contributed by atoms with E-state index >= 15 is 0 Å². The Morgan fingerprint density at radius 2 is 0.942 bits per heavy atom. The van der Waals surface area contributed by atoms with Crippen LogP contribution in [0.25, 0.3) is 60.9 Å². The number of rotatable bonds is 3. The van der Waals surface area contributed by atoms with Crippen molar-refractivity contribution in [2.24, 2.45) is 0 Å². The van der Waals surface area contributed by atoms with Gasteiger partial charge in [-0.2, -0.15) is 0 Å². The Labute approximate surface area is 301 Å². The molecule has 0 aliphatic carbocycles. The predicted molar refractivity (Wildman–Crippen MR) is 212 cm³/mol. The molecular weight excluding hydrogens is 640 g/mol. The van der Waals surface area contributed by atoms with Crippen molar-refractivity contribution in [3.63, 3.8) is 0 Å². The molecule has 0 radical (unpaired) electrons. The van der Waals surface area contributed by atoms with Crippen molar-refractivity contribution < 1.29 is 9.13 Å². The van der Waals surface area contributed by atoms with Crippen LogP contribution in [0.5, 0.6) is 11.5 Å². The number of aromatic nitrogens is 1. The van der Waals surface area contributed by atoms with E-state index in [0.717, 1.165) is 89.4 Å². The van der Waals surface area contributed by atoms with Crippen LogP contribution in [0, 0.1) is 5.82 Å². The molecule has 0 spiro atoms. The van der Waals surface area contributed by atoms with Crippen LogP contribution in [0.4, 0.5) is 21.5 Å². The molecule has 3 nitrogen and oxygen atoms in total. The van der Waals surface area contributed by atoms with E-state index in [2.05, 4.69) is 143 Å². The van der Waals surface area contributed by atoms with Gasteiger partial charge in [0.2, 0.25) is 0 Å². The van der Waals surface area contributed by atoms with Gasteiger partial charge < -0.3 is 14.2 Å². The minimum atomic E-state index is -0.244. The van der Waals surface area contributed by atoms with Crippen molar-refractivity contribution in [2.45, 2.75) is 0 Å². The summed E-state index contributed by atoms with van der Waals surface area (Å²) in [6.07, 6.45) is 0. The minimum Gasteiger partial charge on any atom is -0.455 e. The van der Waals surface area contributed by atoms with Gasteiger partial charge in [-0.05, 0) is 101 Å². The lowest BCUT2D eigenvalue weighted by Crippen LogP contribution is -2.13. The Morgan fingerprint density at radius 3 is 1.73 bits per heavy atom. The maximum Gasteiger partial charge on any atom is 0.151 e. The van der Waals surface area contributed by atoms with Crippen molar-refractivity contribution >= 4 is 38.9 Å². The van der Waals surface area contributed by atoms with E-state index in [4.69, 9.17) is 4.74 Å². The van der Waals surface area contributed by atoms with Crippen LogP contribution in [0.1, 0.15) is 0 Å². The Morgan fingerprint density at radius 1 is 0.385 bits per heavy atom. The first-order chi connectivity index (χ1) is 25.7. The highest BCUT2D eigenvalue weighted by Crippen LogP contribution is 2.50. The summed E-state index contributed by atoms with van der Waals surface area (Å²) >= 11 is 0. The molecular formula is C48H31FN2O. The third-order valence-corrected chi connectivity index (χ3v) is 10.1. The molecule has 1 aliphatic rings. The molecule has 0 N–H and O–H groups in total. The molecule has 2 heterocycles. The average Bonchev–Trinajstić information content (AvgIpc) is 3.53. The molecule has 0 bridgehead atoms. The van der Waals surface area contributed by atoms with Gasteiger partial charge in [0.1, 0.15) is 11.6 Å². The first kappa shape index (κ1) is 30.0. The number of benzene rings is 8. The fraction of sp³-hybridized carbons (Fsp3) is 0. The molecule has 1 aliphatic heterocycles. The Bertz CT molecular complexity index is 2780. The molecule has 8 aromatic carbocycles. The number of para-hydroxylation sites is 5. The maximum atomic E-state index is 13.9. The third kappa shape index (κ3) is 4.88. The summed E-state index contributed by atoms with van der Waals surface area (Å²) in [7, 11) is 0. The van der Waals surface area contributed by atoms with Crippen molar-refractivity contribution in [3.8, 4) is 50.6 Å². The lowest BCUT2D eigenvalue weighted by Gasteiger charge is -2.31. The van der Waals surface area contributed by atoms with Crippen molar-refractivity contribution in [2.75, 3.05) is 4.90 Å². The van der Waals surface area contributed by atoms with Gasteiger partial charge in [-0.3, -0.25) is 0 Å². The van der Waals surface area contributed by atoms with Crippen molar-refractivity contribution in [3.05, 3.63) is 194 Å². The molecule has 0 unspecified atom stereocenters. The Kier molecular flexibility index (Phi) is 7.00. The van der Waals surface area contributed by atoms with E-state index in [1.807, 2.05) is 42.5 Å². The molecule has 52 heavy (non-hydrogen) atoms. The number of hydrogen-bond donors (Lipinski definition) is 0. The van der Waals surface area contributed by atoms with Crippen LogP contribution in [-0.4, -0.2) is 4.57 Å². The molecule has 9 aromatic rings. The summed E-state index contributed by atoms with van der Waals surface area (Å²) < 4.78 is 22.9. The van der Waals surface area contributed by atoms with E-state index < -0.39 is 0 Å². The van der Waals surface area contributed by atoms with Gasteiger partial charge in [0.25, 0.3) is 0 Å². The molecule has 1 aromatic heterocycles. The van der Waals surface area contributed by atoms with Gasteiger partial charge in [-0.1, -0.05) is 109 Å². The predicted octanol–water partition coefficient (Wildman–Crippen LogP) is 13.5. The SMILES string of the molecule is Fc1ccc(-n2c3ccccc3c3cc(-c4ccc(N5c6ccccc6Oc6ccccc6-c6ccccc6-c6ccccc65)cc4)ccc32)cc1. The normalized spacial score (nSPS) is 12.1. The Hall–Kier alpha value is -6.91. The van der Waals surface area contributed by atoms with Crippen LogP contribution in [-0.2, 0) is 0 Å². The molecule has 246 valence electrons. The Balaban J connectivity index is 1.12. The smallest absolute Gasteiger partial charge is 0.151 e. The fourth-order valence-electron chi connectivity index (χ4n) is 7.71. The monoisotopic (exact) mass is 670 g/mol. The number of halogens is 1. The first-order valence-corrected chi connectivity index (χ1v) is 17.5. The molecule has 10 rings (SSSR count). The van der Waals surface area contributed by atoms with Gasteiger partial charge in [-0.25, -0.2) is 4.39 Å². The molecule has 0 atom stereocenters. The van der Waals surface area contributed by atoms with Gasteiger partial charge >= 0.3 is 0 Å². The summed E-state index contributed by atoms with van der Waals surface area (Å²) in [6.45, 7) is 0. The van der Waals surface area contributed by atoms with E-state index in [1.165, 1.54) is 12.1 Å². The quantitative estimate of drug-likeness (QED) is 0.186. The van der Waals surface area contributed by atoms with Crippen LogP contribution < -0.4 is 9.64 Å². The summed E-state index contributed by atoms with van der Waals surface area (Å²) in [5.74, 6) is 1.34. The second-order valence-electron chi connectivity index (χ2n) is 13.1. The minimum absolute atomic E-state index is 0.244. The van der Waals surface area contributed by atoms with E-state index in [-0.39, 0.29) is 5.82 Å². The highest BCUT2D eigenvalue weighted by atomic mass is 19.1. The number of nitrogens with zero attached hydrogens (tertiary/aromatic N) is 2. The molecule has 0 saturated heterocycles. The van der Waals surface area contributed by atoms with E-state index in [9.17, 15) is 4.39 Å². The standard InChI is InChI=1S/C48H31FN2O/c49-34-24-28-36(29-25-34)50-44-17-7-4-14-40(44)42-31-33(23-30-45(42)50)32-21-26-35(27-22-32)51-43-16-6-3-13-39(43)37-11-1-2-12-38(37)41-15-5-9-19-47(41)52-48-20-10-8-18-46(48)51/h1-31H. The van der Waals surface area contributed by atoms with Gasteiger partial charge in [-0.15, -0.1) is 0 Å². The summed E-state index contributed by atoms with van der Waals surface area (Å²) in [5.41, 5.74) is 12.8. The summed E-state index contributed by atoms with van der Waals surface area (Å²) in [4.78, 5) is 2.30. The number of hydrogen-bond acceptors (Lipinski definition) is 2. The third-order valence-electron chi connectivity index (χ3n) is 10.1. The van der Waals surface area contributed by atoms with Gasteiger partial charge in [0.15, 0.2) is 5.75 Å². The largest absolute Gasteiger partial charge is 0.455 e. The van der Waals surface area contributed by atoms with Crippen molar-refractivity contribution in [1.29, 1.82) is 0 Å². The molecule has 0 fully saturated rings. The second kappa shape index (κ2) is 12.1. The van der Waals surface area contributed by atoms with Gasteiger partial charge in [0, 0.05) is 33.3 Å². The zero-order chi connectivity index (χ0) is 34.6.